The minimum atomic E-state index is 0.251. The smallest absolute Gasteiger partial charge is 0.133 e. The maximum absolute atomic E-state index is 6.03. The summed E-state index contributed by atoms with van der Waals surface area (Å²) in [7, 11) is 0. The molecule has 0 aliphatic carbocycles. The summed E-state index contributed by atoms with van der Waals surface area (Å²) in [6.45, 7) is 3.02. The third kappa shape index (κ3) is 2.54. The fourth-order valence-electron chi connectivity index (χ4n) is 2.73. The Hall–Kier alpha value is -1.68. The maximum atomic E-state index is 6.03. The fraction of sp³-hybridized carbons (Fsp3) is 0.467. The summed E-state index contributed by atoms with van der Waals surface area (Å²) in [5.74, 6) is 2.18. The number of fused-ring (bicyclic) bond motifs is 1. The van der Waals surface area contributed by atoms with E-state index in [0.717, 1.165) is 43.9 Å². The summed E-state index contributed by atoms with van der Waals surface area (Å²) < 4.78 is 2.21. The third-order valence-electron chi connectivity index (χ3n) is 3.94. The summed E-state index contributed by atoms with van der Waals surface area (Å²) >= 11 is 0. The third-order valence-corrected chi connectivity index (χ3v) is 3.94. The van der Waals surface area contributed by atoms with Crippen LogP contribution >= 0.6 is 0 Å². The van der Waals surface area contributed by atoms with E-state index in [-0.39, 0.29) is 6.04 Å². The summed E-state index contributed by atoms with van der Waals surface area (Å²) in [4.78, 5) is 0. The van der Waals surface area contributed by atoms with Gasteiger partial charge in [0, 0.05) is 25.4 Å². The summed E-state index contributed by atoms with van der Waals surface area (Å²) in [6.07, 6.45) is 3.93. The van der Waals surface area contributed by atoms with Crippen molar-refractivity contribution in [1.29, 1.82) is 0 Å². The van der Waals surface area contributed by atoms with Crippen LogP contribution in [0, 0.1) is 6.92 Å². The van der Waals surface area contributed by atoms with Crippen LogP contribution in [0.4, 0.5) is 0 Å². The van der Waals surface area contributed by atoms with Crippen molar-refractivity contribution < 1.29 is 0 Å². The van der Waals surface area contributed by atoms with Crippen molar-refractivity contribution in [1.82, 2.24) is 14.8 Å². The first-order valence-corrected chi connectivity index (χ1v) is 6.95. The van der Waals surface area contributed by atoms with Gasteiger partial charge in [-0.15, -0.1) is 10.2 Å². The molecule has 1 aromatic carbocycles. The molecule has 0 radical (unpaired) electrons. The minimum Gasteiger partial charge on any atom is -0.326 e. The van der Waals surface area contributed by atoms with Crippen LogP contribution in [0.5, 0.6) is 0 Å². The predicted molar refractivity (Wildman–Crippen MR) is 74.9 cm³/mol. The van der Waals surface area contributed by atoms with Crippen molar-refractivity contribution in [2.45, 2.75) is 45.2 Å². The van der Waals surface area contributed by atoms with Crippen LogP contribution in [0.3, 0.4) is 0 Å². The van der Waals surface area contributed by atoms with E-state index in [9.17, 15) is 0 Å². The minimum absolute atomic E-state index is 0.251. The Morgan fingerprint density at radius 1 is 1.26 bits per heavy atom. The number of aryl methyl sites for hydroxylation is 4. The molecule has 0 saturated carbocycles. The molecule has 3 rings (SSSR count). The summed E-state index contributed by atoms with van der Waals surface area (Å²) in [6, 6.07) is 8.77. The zero-order valence-electron chi connectivity index (χ0n) is 11.3. The molecule has 0 fully saturated rings. The van der Waals surface area contributed by atoms with Crippen LogP contribution < -0.4 is 5.73 Å². The topological polar surface area (TPSA) is 56.7 Å². The molecule has 19 heavy (non-hydrogen) atoms. The van der Waals surface area contributed by atoms with Crippen molar-refractivity contribution in [3.8, 4) is 0 Å². The second-order valence-electron chi connectivity index (χ2n) is 5.37. The Bertz CT molecular complexity index is 573. The van der Waals surface area contributed by atoms with Gasteiger partial charge in [0.05, 0.1) is 0 Å². The van der Waals surface area contributed by atoms with Crippen LogP contribution in [-0.4, -0.2) is 20.8 Å². The van der Waals surface area contributed by atoms with Crippen LogP contribution in [0.2, 0.25) is 0 Å². The lowest BCUT2D eigenvalue weighted by molar-refractivity contribution is 0.443. The first kappa shape index (κ1) is 12.4. The first-order chi connectivity index (χ1) is 9.24. The molecular weight excluding hydrogens is 236 g/mol. The number of rotatable bonds is 3. The van der Waals surface area contributed by atoms with Crippen LogP contribution in [-0.2, 0) is 25.8 Å². The molecule has 0 amide bonds. The highest BCUT2D eigenvalue weighted by molar-refractivity contribution is 5.26. The molecule has 100 valence electrons. The normalized spacial score (nSPS) is 18.3. The van der Waals surface area contributed by atoms with Crippen LogP contribution in [0.1, 0.15) is 29.2 Å². The van der Waals surface area contributed by atoms with Gasteiger partial charge in [0.2, 0.25) is 0 Å². The number of nitrogens with zero attached hydrogens (tertiary/aromatic N) is 3. The molecule has 4 heteroatoms. The summed E-state index contributed by atoms with van der Waals surface area (Å²) in [5, 5.41) is 8.62. The van der Waals surface area contributed by atoms with Gasteiger partial charge in [0.15, 0.2) is 0 Å². The summed E-state index contributed by atoms with van der Waals surface area (Å²) in [5.41, 5.74) is 8.77. The van der Waals surface area contributed by atoms with Crippen molar-refractivity contribution >= 4 is 0 Å². The van der Waals surface area contributed by atoms with E-state index in [0.29, 0.717) is 0 Å². The van der Waals surface area contributed by atoms with E-state index in [1.54, 1.807) is 0 Å². The van der Waals surface area contributed by atoms with Gasteiger partial charge in [-0.05, 0) is 30.9 Å². The second-order valence-corrected chi connectivity index (χ2v) is 5.37. The maximum Gasteiger partial charge on any atom is 0.133 e. The van der Waals surface area contributed by atoms with Crippen LogP contribution in [0.15, 0.2) is 24.3 Å². The van der Waals surface area contributed by atoms with Crippen molar-refractivity contribution in [2.24, 2.45) is 5.73 Å². The van der Waals surface area contributed by atoms with Gasteiger partial charge in [-0.1, -0.05) is 24.3 Å². The molecule has 1 unspecified atom stereocenters. The molecule has 2 N–H and O–H groups in total. The average molecular weight is 256 g/mol. The van der Waals surface area contributed by atoms with E-state index < -0.39 is 0 Å². The SMILES string of the molecule is Cc1ccccc1CCc1nnc2n1CC(N)CC2. The van der Waals surface area contributed by atoms with Crippen LogP contribution in [0.25, 0.3) is 0 Å². The fourth-order valence-corrected chi connectivity index (χ4v) is 2.73. The van der Waals surface area contributed by atoms with E-state index in [1.165, 1.54) is 11.1 Å². The number of nitrogens with two attached hydrogens (primary N) is 1. The average Bonchev–Trinajstić information content (AvgIpc) is 2.80. The Kier molecular flexibility index (Phi) is 3.34. The number of aromatic nitrogens is 3. The largest absolute Gasteiger partial charge is 0.326 e. The molecule has 4 nitrogen and oxygen atoms in total. The van der Waals surface area contributed by atoms with Gasteiger partial charge in [-0.3, -0.25) is 0 Å². The molecule has 2 aromatic rings. The quantitative estimate of drug-likeness (QED) is 0.908. The Labute approximate surface area is 113 Å². The lowest BCUT2D eigenvalue weighted by atomic mass is 10.0. The van der Waals surface area contributed by atoms with Crippen molar-refractivity contribution in [2.75, 3.05) is 0 Å². The number of hydrogen-bond donors (Lipinski definition) is 1. The molecule has 0 saturated heterocycles. The highest BCUT2D eigenvalue weighted by Crippen LogP contribution is 2.16. The first-order valence-electron chi connectivity index (χ1n) is 6.95. The van der Waals surface area contributed by atoms with Gasteiger partial charge in [-0.25, -0.2) is 0 Å². The molecule has 1 aliphatic heterocycles. The number of hydrogen-bond acceptors (Lipinski definition) is 3. The molecule has 0 bridgehead atoms. The number of benzene rings is 1. The van der Waals surface area contributed by atoms with Gasteiger partial charge >= 0.3 is 0 Å². The van der Waals surface area contributed by atoms with E-state index in [4.69, 9.17) is 5.73 Å². The Balaban J connectivity index is 1.74. The van der Waals surface area contributed by atoms with Crippen molar-refractivity contribution in [3.05, 3.63) is 47.0 Å². The van der Waals surface area contributed by atoms with Gasteiger partial charge in [-0.2, -0.15) is 0 Å². The van der Waals surface area contributed by atoms with E-state index in [2.05, 4.69) is 46.0 Å². The molecule has 0 spiro atoms. The van der Waals surface area contributed by atoms with Crippen molar-refractivity contribution in [3.63, 3.8) is 0 Å². The second kappa shape index (κ2) is 5.13. The monoisotopic (exact) mass is 256 g/mol. The van der Waals surface area contributed by atoms with E-state index in [1.807, 2.05) is 0 Å². The lowest BCUT2D eigenvalue weighted by Gasteiger charge is -2.20. The van der Waals surface area contributed by atoms with Gasteiger partial charge in [0.25, 0.3) is 0 Å². The highest BCUT2D eigenvalue weighted by atomic mass is 15.3. The molecule has 2 heterocycles. The van der Waals surface area contributed by atoms with Gasteiger partial charge in [0.1, 0.15) is 11.6 Å². The molecular formula is C15H20N4. The standard InChI is InChI=1S/C15H20N4/c1-11-4-2-3-5-12(11)6-8-14-17-18-15-9-7-13(16)10-19(14)15/h2-5,13H,6-10,16H2,1H3. The molecule has 1 aliphatic rings. The Morgan fingerprint density at radius 3 is 2.95 bits per heavy atom. The lowest BCUT2D eigenvalue weighted by Crippen LogP contribution is -2.32. The zero-order valence-corrected chi connectivity index (χ0v) is 11.3. The Morgan fingerprint density at radius 2 is 2.11 bits per heavy atom. The van der Waals surface area contributed by atoms with E-state index >= 15 is 0 Å². The zero-order chi connectivity index (χ0) is 13.2. The van der Waals surface area contributed by atoms with Gasteiger partial charge < -0.3 is 10.3 Å². The predicted octanol–water partition coefficient (Wildman–Crippen LogP) is 1.65. The highest BCUT2D eigenvalue weighted by Gasteiger charge is 2.20. The molecule has 1 atom stereocenters. The molecule has 1 aromatic heterocycles.